The van der Waals surface area contributed by atoms with Gasteiger partial charge in [0.1, 0.15) is 0 Å². The molecule has 3 nitrogen and oxygen atoms in total. The van der Waals surface area contributed by atoms with Gasteiger partial charge in [0.15, 0.2) is 5.96 Å². The molecule has 1 aromatic rings. The average Bonchev–Trinajstić information content (AvgIpc) is 3.23. The molecule has 1 aromatic carbocycles. The van der Waals surface area contributed by atoms with Crippen LogP contribution in [-0.4, -0.2) is 25.6 Å². The Morgan fingerprint density at radius 2 is 2.25 bits per heavy atom. The van der Waals surface area contributed by atoms with Crippen LogP contribution in [-0.2, 0) is 5.41 Å². The monoisotopic (exact) mass is 289 g/mol. The van der Waals surface area contributed by atoms with E-state index >= 15 is 0 Å². The molecule has 20 heavy (non-hydrogen) atoms. The summed E-state index contributed by atoms with van der Waals surface area (Å²) < 4.78 is 0. The lowest BCUT2D eigenvalue weighted by Crippen LogP contribution is -2.38. The van der Waals surface area contributed by atoms with Crippen molar-refractivity contribution in [3.05, 3.63) is 34.9 Å². The summed E-state index contributed by atoms with van der Waals surface area (Å²) in [6.07, 6.45) is 7.58. The molecule has 0 radical (unpaired) electrons. The van der Waals surface area contributed by atoms with Crippen LogP contribution in [0.1, 0.15) is 25.3 Å². The summed E-state index contributed by atoms with van der Waals surface area (Å²) in [4.78, 5) is 4.65. The van der Waals surface area contributed by atoms with Crippen LogP contribution in [0, 0.1) is 12.3 Å². The van der Waals surface area contributed by atoms with Crippen LogP contribution in [0.3, 0.4) is 0 Å². The molecule has 1 aliphatic rings. The molecule has 0 aliphatic heterocycles. The topological polar surface area (TPSA) is 36.4 Å². The maximum atomic E-state index is 6.08. The zero-order chi connectivity index (χ0) is 14.4. The molecular formula is C16H20ClN3. The zero-order valence-corrected chi connectivity index (χ0v) is 12.5. The number of aliphatic imine (C=N–C) groups is 1. The fourth-order valence-corrected chi connectivity index (χ4v) is 2.40. The summed E-state index contributed by atoms with van der Waals surface area (Å²) in [5, 5.41) is 7.10. The van der Waals surface area contributed by atoms with E-state index in [0.29, 0.717) is 6.54 Å². The highest BCUT2D eigenvalue weighted by Crippen LogP contribution is 2.48. The summed E-state index contributed by atoms with van der Waals surface area (Å²) in [5.41, 5.74) is 1.44. The largest absolute Gasteiger partial charge is 0.357 e. The Balaban J connectivity index is 2.06. The Bertz CT molecular complexity index is 527. The van der Waals surface area contributed by atoms with Gasteiger partial charge in [-0.15, -0.1) is 6.42 Å². The Labute approximate surface area is 125 Å². The third-order valence-corrected chi connectivity index (χ3v) is 3.77. The van der Waals surface area contributed by atoms with E-state index in [0.717, 1.165) is 36.9 Å². The van der Waals surface area contributed by atoms with Crippen molar-refractivity contribution in [1.29, 1.82) is 0 Å². The van der Waals surface area contributed by atoms with E-state index in [9.17, 15) is 0 Å². The van der Waals surface area contributed by atoms with E-state index in [4.69, 9.17) is 18.0 Å². The summed E-state index contributed by atoms with van der Waals surface area (Å²) >= 11 is 6.08. The average molecular weight is 290 g/mol. The Hall–Kier alpha value is -1.66. The first-order valence-electron chi connectivity index (χ1n) is 6.92. The second kappa shape index (κ2) is 6.67. The van der Waals surface area contributed by atoms with Crippen molar-refractivity contribution >= 4 is 17.6 Å². The highest BCUT2D eigenvalue weighted by molar-refractivity contribution is 6.30. The summed E-state index contributed by atoms with van der Waals surface area (Å²) in [7, 11) is 0. The van der Waals surface area contributed by atoms with E-state index in [1.54, 1.807) is 0 Å². The van der Waals surface area contributed by atoms with Crippen molar-refractivity contribution in [2.24, 2.45) is 4.99 Å². The lowest BCUT2D eigenvalue weighted by atomic mass is 9.96. The molecule has 1 saturated carbocycles. The number of benzene rings is 1. The third kappa shape index (κ3) is 3.68. The van der Waals surface area contributed by atoms with Crippen LogP contribution in [0.4, 0.5) is 0 Å². The molecular weight excluding hydrogens is 270 g/mol. The number of hydrogen-bond acceptors (Lipinski definition) is 1. The zero-order valence-electron chi connectivity index (χ0n) is 11.7. The normalized spacial score (nSPS) is 16.4. The molecule has 0 unspecified atom stereocenters. The predicted molar refractivity (Wildman–Crippen MR) is 85.2 cm³/mol. The quantitative estimate of drug-likeness (QED) is 0.496. The Kier molecular flexibility index (Phi) is 4.92. The van der Waals surface area contributed by atoms with E-state index in [1.807, 2.05) is 25.1 Å². The lowest BCUT2D eigenvalue weighted by molar-refractivity contribution is 0.696. The molecule has 106 valence electrons. The van der Waals surface area contributed by atoms with Gasteiger partial charge in [-0.25, -0.2) is 0 Å². The fraction of sp³-hybridized carbons (Fsp3) is 0.438. The first kappa shape index (κ1) is 14.7. The van der Waals surface area contributed by atoms with E-state index in [-0.39, 0.29) is 5.41 Å². The molecule has 0 bridgehead atoms. The molecule has 1 aliphatic carbocycles. The standard InChI is InChI=1S/C16H20ClN3/c1-3-10-19-15(18-4-2)20-12-16(8-9-16)13-6-5-7-14(17)11-13/h1,5-7,11H,4,8-10,12H2,2H3,(H2,18,19,20). The van der Waals surface area contributed by atoms with Crippen molar-refractivity contribution in [2.75, 3.05) is 19.6 Å². The van der Waals surface area contributed by atoms with Crippen LogP contribution in [0.25, 0.3) is 0 Å². The molecule has 4 heteroatoms. The summed E-state index contributed by atoms with van der Waals surface area (Å²) in [6, 6.07) is 8.09. The minimum Gasteiger partial charge on any atom is -0.357 e. The Morgan fingerprint density at radius 1 is 1.45 bits per heavy atom. The molecule has 0 amide bonds. The number of halogens is 1. The maximum Gasteiger partial charge on any atom is 0.192 e. The molecule has 2 rings (SSSR count). The first-order chi connectivity index (χ1) is 9.70. The minimum atomic E-state index is 0.156. The molecule has 0 atom stereocenters. The SMILES string of the molecule is C#CCNC(=NCC1(c2cccc(Cl)c2)CC1)NCC. The lowest BCUT2D eigenvalue weighted by Gasteiger charge is -2.15. The van der Waals surface area contributed by atoms with Gasteiger partial charge in [-0.2, -0.15) is 0 Å². The number of terminal acetylenes is 1. The number of nitrogens with zero attached hydrogens (tertiary/aromatic N) is 1. The van der Waals surface area contributed by atoms with Crippen LogP contribution >= 0.6 is 11.6 Å². The summed E-state index contributed by atoms with van der Waals surface area (Å²) in [5.74, 6) is 3.34. The molecule has 0 aromatic heterocycles. The van der Waals surface area contributed by atoms with Crippen LogP contribution in [0.15, 0.2) is 29.3 Å². The van der Waals surface area contributed by atoms with E-state index in [1.165, 1.54) is 5.56 Å². The molecule has 0 heterocycles. The van der Waals surface area contributed by atoms with E-state index < -0.39 is 0 Å². The van der Waals surface area contributed by atoms with Crippen LogP contribution < -0.4 is 10.6 Å². The number of guanidine groups is 1. The second-order valence-electron chi connectivity index (χ2n) is 5.04. The number of rotatable bonds is 5. The van der Waals surface area contributed by atoms with Crippen LogP contribution in [0.5, 0.6) is 0 Å². The van der Waals surface area contributed by atoms with Crippen molar-refractivity contribution in [1.82, 2.24) is 10.6 Å². The van der Waals surface area contributed by atoms with Crippen molar-refractivity contribution in [2.45, 2.75) is 25.2 Å². The van der Waals surface area contributed by atoms with Gasteiger partial charge in [-0.05, 0) is 37.5 Å². The maximum absolute atomic E-state index is 6.08. The third-order valence-electron chi connectivity index (χ3n) is 3.53. The Morgan fingerprint density at radius 3 is 2.85 bits per heavy atom. The highest BCUT2D eigenvalue weighted by atomic mass is 35.5. The van der Waals surface area contributed by atoms with Gasteiger partial charge in [0.25, 0.3) is 0 Å². The fourth-order valence-electron chi connectivity index (χ4n) is 2.21. The van der Waals surface area contributed by atoms with Crippen molar-refractivity contribution < 1.29 is 0 Å². The van der Waals surface area contributed by atoms with Crippen molar-refractivity contribution in [3.63, 3.8) is 0 Å². The minimum absolute atomic E-state index is 0.156. The van der Waals surface area contributed by atoms with Crippen LogP contribution in [0.2, 0.25) is 5.02 Å². The van der Waals surface area contributed by atoms with Gasteiger partial charge in [0, 0.05) is 17.0 Å². The number of hydrogen-bond donors (Lipinski definition) is 2. The molecule has 1 fully saturated rings. The smallest absolute Gasteiger partial charge is 0.192 e. The van der Waals surface area contributed by atoms with Gasteiger partial charge in [-0.1, -0.05) is 29.7 Å². The van der Waals surface area contributed by atoms with E-state index in [2.05, 4.69) is 27.6 Å². The second-order valence-corrected chi connectivity index (χ2v) is 5.48. The number of nitrogens with one attached hydrogen (secondary N) is 2. The highest BCUT2D eigenvalue weighted by Gasteiger charge is 2.44. The molecule has 0 spiro atoms. The predicted octanol–water partition coefficient (Wildman–Crippen LogP) is 2.56. The van der Waals surface area contributed by atoms with Crippen molar-refractivity contribution in [3.8, 4) is 12.3 Å². The molecule has 2 N–H and O–H groups in total. The van der Waals surface area contributed by atoms with Gasteiger partial charge < -0.3 is 10.6 Å². The van der Waals surface area contributed by atoms with Gasteiger partial charge in [0.05, 0.1) is 13.1 Å². The first-order valence-corrected chi connectivity index (χ1v) is 7.30. The molecule has 0 saturated heterocycles. The van der Waals surface area contributed by atoms with Gasteiger partial charge in [-0.3, -0.25) is 4.99 Å². The summed E-state index contributed by atoms with van der Waals surface area (Å²) in [6.45, 7) is 4.10. The van der Waals surface area contributed by atoms with Gasteiger partial charge in [0.2, 0.25) is 0 Å². The van der Waals surface area contributed by atoms with Gasteiger partial charge >= 0.3 is 0 Å².